The Kier molecular flexibility index (Phi) is 2.71. The highest BCUT2D eigenvalue weighted by molar-refractivity contribution is 6.30. The molecule has 2 N–H and O–H groups in total. The molecule has 2 rings (SSSR count). The third kappa shape index (κ3) is 1.35. The number of rotatable bonds is 2. The number of carbonyl (C=O) groups is 1. The lowest BCUT2D eigenvalue weighted by Crippen LogP contribution is -2.28. The van der Waals surface area contributed by atoms with E-state index in [2.05, 4.69) is 0 Å². The number of primary amides is 1. The van der Waals surface area contributed by atoms with Crippen molar-refractivity contribution in [3.8, 4) is 18.2 Å². The molecule has 0 spiro atoms. The number of amides is 1. The first-order valence-corrected chi connectivity index (χ1v) is 5.67. The van der Waals surface area contributed by atoms with E-state index in [0.29, 0.717) is 10.6 Å². The summed E-state index contributed by atoms with van der Waals surface area (Å²) in [5, 5.41) is 28.1. The average Bonchev–Trinajstić information content (AvgIpc) is 3.03. The van der Waals surface area contributed by atoms with Crippen molar-refractivity contribution in [2.24, 2.45) is 16.6 Å². The summed E-state index contributed by atoms with van der Waals surface area (Å²) in [4.78, 5) is 11.6. The van der Waals surface area contributed by atoms with Crippen molar-refractivity contribution in [3.05, 3.63) is 34.9 Å². The standard InChI is InChI=1S/C13H7ClN4O/c14-9-3-1-8(2-4-9)10-12(5-15,6-16)13(10,7-17)11(18)19/h1-4,10H,(H2,18,19). The van der Waals surface area contributed by atoms with Crippen LogP contribution in [0.15, 0.2) is 24.3 Å². The molecule has 0 bridgehead atoms. The van der Waals surface area contributed by atoms with Crippen LogP contribution in [0.4, 0.5) is 0 Å². The van der Waals surface area contributed by atoms with Crippen LogP contribution in [-0.2, 0) is 4.79 Å². The fraction of sp³-hybridized carbons (Fsp3) is 0.231. The van der Waals surface area contributed by atoms with Crippen molar-refractivity contribution in [2.75, 3.05) is 0 Å². The van der Waals surface area contributed by atoms with E-state index in [1.807, 2.05) is 0 Å². The number of hydrogen-bond acceptors (Lipinski definition) is 4. The molecule has 0 saturated heterocycles. The molecule has 1 aliphatic carbocycles. The minimum absolute atomic E-state index is 0.477. The number of halogens is 1. The number of hydrogen-bond donors (Lipinski definition) is 1. The maximum Gasteiger partial charge on any atom is 0.241 e. The SMILES string of the molecule is N#CC1(C#N)C(c2ccc(Cl)cc2)C1(C#N)C(N)=O. The number of carbonyl (C=O) groups excluding carboxylic acids is 1. The van der Waals surface area contributed by atoms with Gasteiger partial charge in [0.2, 0.25) is 5.91 Å². The first-order chi connectivity index (χ1) is 9.00. The molecule has 2 atom stereocenters. The fourth-order valence-corrected chi connectivity index (χ4v) is 2.63. The van der Waals surface area contributed by atoms with Gasteiger partial charge in [0.25, 0.3) is 0 Å². The minimum atomic E-state index is -1.80. The largest absolute Gasteiger partial charge is 0.368 e. The summed E-state index contributed by atoms with van der Waals surface area (Å²) in [6, 6.07) is 11.6. The molecule has 1 aromatic carbocycles. The van der Waals surface area contributed by atoms with E-state index in [0.717, 1.165) is 0 Å². The second-order valence-corrected chi connectivity index (χ2v) is 4.74. The zero-order valence-electron chi connectivity index (χ0n) is 9.59. The first-order valence-electron chi connectivity index (χ1n) is 5.29. The van der Waals surface area contributed by atoms with Crippen molar-refractivity contribution in [3.63, 3.8) is 0 Å². The van der Waals surface area contributed by atoms with Gasteiger partial charge in [0.15, 0.2) is 10.8 Å². The van der Waals surface area contributed by atoms with Crippen LogP contribution in [0.1, 0.15) is 11.5 Å². The molecule has 0 radical (unpaired) electrons. The summed E-state index contributed by atoms with van der Waals surface area (Å²) in [6.45, 7) is 0. The number of nitrogens with two attached hydrogens (primary N) is 1. The molecular formula is C13H7ClN4O. The zero-order valence-corrected chi connectivity index (χ0v) is 10.3. The highest BCUT2D eigenvalue weighted by atomic mass is 35.5. The molecule has 2 unspecified atom stereocenters. The Balaban J connectivity index is 2.62. The summed E-state index contributed by atoms with van der Waals surface area (Å²) < 4.78 is 0. The van der Waals surface area contributed by atoms with Crippen LogP contribution < -0.4 is 5.73 Å². The Hall–Kier alpha value is -2.55. The predicted octanol–water partition coefficient (Wildman–Crippen LogP) is 1.47. The number of benzene rings is 1. The van der Waals surface area contributed by atoms with Crippen LogP contribution in [0.2, 0.25) is 5.02 Å². The third-order valence-corrected chi connectivity index (χ3v) is 3.78. The van der Waals surface area contributed by atoms with Gasteiger partial charge in [0.1, 0.15) is 0 Å². The van der Waals surface area contributed by atoms with Crippen LogP contribution in [0.5, 0.6) is 0 Å². The Morgan fingerprint density at radius 1 is 1.16 bits per heavy atom. The number of nitrogens with zero attached hydrogens (tertiary/aromatic N) is 3. The normalized spacial score (nSPS) is 26.5. The highest BCUT2D eigenvalue weighted by Crippen LogP contribution is 2.73. The minimum Gasteiger partial charge on any atom is -0.368 e. The van der Waals surface area contributed by atoms with E-state index in [-0.39, 0.29) is 0 Å². The van der Waals surface area contributed by atoms with Gasteiger partial charge in [-0.3, -0.25) is 4.79 Å². The molecule has 1 aliphatic rings. The molecule has 1 aromatic rings. The van der Waals surface area contributed by atoms with Gasteiger partial charge >= 0.3 is 0 Å². The lowest BCUT2D eigenvalue weighted by atomic mass is 9.96. The molecule has 92 valence electrons. The van der Waals surface area contributed by atoms with Crippen LogP contribution in [-0.4, -0.2) is 5.91 Å². The fourth-order valence-electron chi connectivity index (χ4n) is 2.50. The quantitative estimate of drug-likeness (QED) is 0.876. The molecule has 5 nitrogen and oxygen atoms in total. The van der Waals surface area contributed by atoms with Gasteiger partial charge in [-0.15, -0.1) is 0 Å². The second-order valence-electron chi connectivity index (χ2n) is 4.30. The summed E-state index contributed by atoms with van der Waals surface area (Å²) in [5.74, 6) is -1.81. The van der Waals surface area contributed by atoms with E-state index in [1.54, 1.807) is 42.5 Å². The number of nitriles is 3. The maximum absolute atomic E-state index is 11.6. The lowest BCUT2D eigenvalue weighted by Gasteiger charge is -2.02. The van der Waals surface area contributed by atoms with E-state index >= 15 is 0 Å². The van der Waals surface area contributed by atoms with Gasteiger partial charge in [-0.05, 0) is 17.7 Å². The van der Waals surface area contributed by atoms with Gasteiger partial charge in [-0.25, -0.2) is 0 Å². The second kappa shape index (κ2) is 3.99. The molecular weight excluding hydrogens is 264 g/mol. The van der Waals surface area contributed by atoms with Gasteiger partial charge in [0.05, 0.1) is 18.2 Å². The van der Waals surface area contributed by atoms with Crippen molar-refractivity contribution in [2.45, 2.75) is 5.92 Å². The molecule has 1 amide bonds. The van der Waals surface area contributed by atoms with Gasteiger partial charge in [-0.2, -0.15) is 15.8 Å². The van der Waals surface area contributed by atoms with Gasteiger partial charge in [-0.1, -0.05) is 23.7 Å². The average molecular weight is 271 g/mol. The van der Waals surface area contributed by atoms with Gasteiger partial charge in [0, 0.05) is 10.9 Å². The molecule has 1 saturated carbocycles. The predicted molar refractivity (Wildman–Crippen MR) is 65.1 cm³/mol. The summed E-state index contributed by atoms with van der Waals surface area (Å²) in [7, 11) is 0. The summed E-state index contributed by atoms with van der Waals surface area (Å²) >= 11 is 5.76. The van der Waals surface area contributed by atoms with E-state index < -0.39 is 22.7 Å². The van der Waals surface area contributed by atoms with Crippen LogP contribution >= 0.6 is 11.6 Å². The molecule has 1 fully saturated rings. The van der Waals surface area contributed by atoms with Crippen molar-refractivity contribution >= 4 is 17.5 Å². The lowest BCUT2D eigenvalue weighted by molar-refractivity contribution is -0.121. The Morgan fingerprint density at radius 3 is 2.00 bits per heavy atom. The van der Waals surface area contributed by atoms with Crippen LogP contribution in [0, 0.1) is 44.8 Å². The summed E-state index contributed by atoms with van der Waals surface area (Å²) in [6.07, 6.45) is 0. The molecule has 0 heterocycles. The maximum atomic E-state index is 11.6. The summed E-state index contributed by atoms with van der Waals surface area (Å²) in [5.41, 5.74) is 2.22. The first kappa shape index (κ1) is 12.9. The Morgan fingerprint density at radius 2 is 1.68 bits per heavy atom. The van der Waals surface area contributed by atoms with E-state index in [9.17, 15) is 20.6 Å². The smallest absolute Gasteiger partial charge is 0.241 e. The zero-order chi connectivity index (χ0) is 14.3. The van der Waals surface area contributed by atoms with E-state index in [4.69, 9.17) is 17.3 Å². The third-order valence-electron chi connectivity index (χ3n) is 3.53. The monoisotopic (exact) mass is 270 g/mol. The molecule has 6 heteroatoms. The molecule has 0 aromatic heterocycles. The Labute approximate surface area is 114 Å². The van der Waals surface area contributed by atoms with Crippen molar-refractivity contribution in [1.82, 2.24) is 0 Å². The molecule has 0 aliphatic heterocycles. The Bertz CT molecular complexity index is 663. The van der Waals surface area contributed by atoms with E-state index in [1.165, 1.54) is 0 Å². The van der Waals surface area contributed by atoms with Gasteiger partial charge < -0.3 is 5.73 Å². The van der Waals surface area contributed by atoms with Crippen molar-refractivity contribution < 1.29 is 4.79 Å². The van der Waals surface area contributed by atoms with Crippen molar-refractivity contribution in [1.29, 1.82) is 15.8 Å². The highest BCUT2D eigenvalue weighted by Gasteiger charge is 2.84. The van der Waals surface area contributed by atoms with Crippen LogP contribution in [0.25, 0.3) is 0 Å². The molecule has 19 heavy (non-hydrogen) atoms. The van der Waals surface area contributed by atoms with Crippen LogP contribution in [0.3, 0.4) is 0 Å². The topological polar surface area (TPSA) is 114 Å².